The van der Waals surface area contributed by atoms with Gasteiger partial charge < -0.3 is 9.30 Å². The number of benzene rings is 1. The SMILES string of the molecule is COC(=O)CCCn1c(C)cc(C(=O)Cn2nnc(-c3ccc(C(C)C)cc3)n2)c1C. The molecule has 0 atom stereocenters. The maximum absolute atomic E-state index is 12.9. The summed E-state index contributed by atoms with van der Waals surface area (Å²) >= 11 is 0. The second kappa shape index (κ2) is 9.68. The molecule has 0 saturated carbocycles. The largest absolute Gasteiger partial charge is 0.469 e. The van der Waals surface area contributed by atoms with E-state index in [1.54, 1.807) is 0 Å². The zero-order chi connectivity index (χ0) is 22.5. The molecule has 0 saturated heterocycles. The van der Waals surface area contributed by atoms with Crippen LogP contribution in [-0.4, -0.2) is 43.6 Å². The number of tetrazole rings is 1. The topological polar surface area (TPSA) is 91.9 Å². The first kappa shape index (κ1) is 22.4. The number of rotatable bonds is 9. The molecule has 0 amide bonds. The van der Waals surface area contributed by atoms with Crippen LogP contribution in [0, 0.1) is 13.8 Å². The van der Waals surface area contributed by atoms with Crippen LogP contribution >= 0.6 is 0 Å². The van der Waals surface area contributed by atoms with Crippen LogP contribution in [0.25, 0.3) is 11.4 Å². The van der Waals surface area contributed by atoms with E-state index in [0.29, 0.717) is 36.7 Å². The molecule has 8 nitrogen and oxygen atoms in total. The van der Waals surface area contributed by atoms with Crippen molar-refractivity contribution in [3.05, 3.63) is 52.8 Å². The lowest BCUT2D eigenvalue weighted by molar-refractivity contribution is -0.140. The van der Waals surface area contributed by atoms with Gasteiger partial charge >= 0.3 is 5.97 Å². The predicted octanol–water partition coefficient (Wildman–Crippen LogP) is 3.72. The average molecular weight is 424 g/mol. The highest BCUT2D eigenvalue weighted by atomic mass is 16.5. The standard InChI is InChI=1S/C23H29N5O3/c1-15(2)18-8-10-19(11-9-18)23-24-26-28(25-23)14-21(29)20-13-16(3)27(17(20)4)12-6-7-22(30)31-5/h8-11,13,15H,6-7,12,14H2,1-5H3. The van der Waals surface area contributed by atoms with Gasteiger partial charge in [-0.05, 0) is 43.0 Å². The fraction of sp³-hybridized carbons (Fsp3) is 0.435. The van der Waals surface area contributed by atoms with Gasteiger partial charge in [0.2, 0.25) is 5.82 Å². The summed E-state index contributed by atoms with van der Waals surface area (Å²) in [4.78, 5) is 25.5. The van der Waals surface area contributed by atoms with E-state index in [-0.39, 0.29) is 18.3 Å². The third-order valence-corrected chi connectivity index (χ3v) is 5.44. The summed E-state index contributed by atoms with van der Waals surface area (Å²) in [6.07, 6.45) is 1.00. The number of ketones is 1. The Balaban J connectivity index is 1.68. The van der Waals surface area contributed by atoms with E-state index < -0.39 is 0 Å². The Morgan fingerprint density at radius 2 is 1.84 bits per heavy atom. The molecule has 0 N–H and O–H groups in total. The van der Waals surface area contributed by atoms with Crippen LogP contribution in [0.5, 0.6) is 0 Å². The van der Waals surface area contributed by atoms with Gasteiger partial charge in [-0.1, -0.05) is 38.1 Å². The molecular formula is C23H29N5O3. The Morgan fingerprint density at radius 1 is 1.13 bits per heavy atom. The highest BCUT2D eigenvalue weighted by Gasteiger charge is 2.18. The minimum absolute atomic E-state index is 0.0174. The molecule has 164 valence electrons. The van der Waals surface area contributed by atoms with E-state index in [9.17, 15) is 9.59 Å². The molecule has 0 radical (unpaired) electrons. The highest BCUT2D eigenvalue weighted by Crippen LogP contribution is 2.20. The molecule has 0 bridgehead atoms. The summed E-state index contributed by atoms with van der Waals surface area (Å²) < 4.78 is 6.73. The normalized spacial score (nSPS) is 11.2. The zero-order valence-corrected chi connectivity index (χ0v) is 18.8. The van der Waals surface area contributed by atoms with E-state index in [2.05, 4.69) is 46.1 Å². The first-order chi connectivity index (χ1) is 14.8. The van der Waals surface area contributed by atoms with Crippen molar-refractivity contribution in [2.24, 2.45) is 0 Å². The number of aromatic nitrogens is 5. The third-order valence-electron chi connectivity index (χ3n) is 5.44. The van der Waals surface area contributed by atoms with Crippen LogP contribution < -0.4 is 0 Å². The van der Waals surface area contributed by atoms with Crippen molar-refractivity contribution >= 4 is 11.8 Å². The van der Waals surface area contributed by atoms with Crippen molar-refractivity contribution in [3.63, 3.8) is 0 Å². The van der Waals surface area contributed by atoms with Crippen molar-refractivity contribution in [1.82, 2.24) is 24.8 Å². The highest BCUT2D eigenvalue weighted by molar-refractivity contribution is 5.97. The summed E-state index contributed by atoms with van der Waals surface area (Å²) in [6, 6.07) is 9.93. The Labute approximate surface area is 182 Å². The lowest BCUT2D eigenvalue weighted by Gasteiger charge is -2.09. The van der Waals surface area contributed by atoms with Gasteiger partial charge in [0.05, 0.1) is 7.11 Å². The fourth-order valence-corrected chi connectivity index (χ4v) is 3.57. The van der Waals surface area contributed by atoms with Crippen molar-refractivity contribution in [2.75, 3.05) is 7.11 Å². The van der Waals surface area contributed by atoms with Crippen molar-refractivity contribution in [1.29, 1.82) is 0 Å². The van der Waals surface area contributed by atoms with E-state index in [0.717, 1.165) is 17.0 Å². The van der Waals surface area contributed by atoms with E-state index in [1.807, 2.05) is 36.6 Å². The molecule has 1 aromatic carbocycles. The van der Waals surface area contributed by atoms with Crippen molar-refractivity contribution in [2.45, 2.75) is 59.5 Å². The first-order valence-corrected chi connectivity index (χ1v) is 10.4. The van der Waals surface area contributed by atoms with Gasteiger partial charge in [-0.15, -0.1) is 10.2 Å². The van der Waals surface area contributed by atoms with Gasteiger partial charge in [0.1, 0.15) is 6.54 Å². The van der Waals surface area contributed by atoms with Crippen LogP contribution in [0.3, 0.4) is 0 Å². The molecule has 0 fully saturated rings. The fourth-order valence-electron chi connectivity index (χ4n) is 3.57. The number of hydrogen-bond acceptors (Lipinski definition) is 6. The van der Waals surface area contributed by atoms with Gasteiger partial charge in [0.25, 0.3) is 0 Å². The number of carbonyl (C=O) groups is 2. The Bertz CT molecular complexity index is 1060. The predicted molar refractivity (Wildman–Crippen MR) is 117 cm³/mol. The molecule has 2 heterocycles. The lowest BCUT2D eigenvalue weighted by Crippen LogP contribution is -2.14. The summed E-state index contributed by atoms with van der Waals surface area (Å²) in [7, 11) is 1.38. The molecule has 3 rings (SSSR count). The zero-order valence-electron chi connectivity index (χ0n) is 18.8. The summed E-state index contributed by atoms with van der Waals surface area (Å²) in [5, 5.41) is 12.5. The van der Waals surface area contributed by atoms with Gasteiger partial charge in [-0.3, -0.25) is 9.59 Å². The molecule has 0 spiro atoms. The Kier molecular flexibility index (Phi) is 6.99. The lowest BCUT2D eigenvalue weighted by atomic mass is 10.0. The number of Topliss-reactive ketones (excluding diaryl/α,β-unsaturated/α-hetero) is 1. The van der Waals surface area contributed by atoms with Crippen LogP contribution in [0.1, 0.15) is 59.9 Å². The number of nitrogens with zero attached hydrogens (tertiary/aromatic N) is 5. The van der Waals surface area contributed by atoms with E-state index in [1.165, 1.54) is 17.5 Å². The molecule has 2 aromatic heterocycles. The van der Waals surface area contributed by atoms with E-state index >= 15 is 0 Å². The number of ether oxygens (including phenoxy) is 1. The van der Waals surface area contributed by atoms with Gasteiger partial charge in [0.15, 0.2) is 5.78 Å². The number of aryl methyl sites for hydroxylation is 1. The molecule has 0 aliphatic heterocycles. The maximum Gasteiger partial charge on any atom is 0.305 e. The molecule has 0 aliphatic rings. The van der Waals surface area contributed by atoms with E-state index in [4.69, 9.17) is 0 Å². The van der Waals surface area contributed by atoms with Crippen LogP contribution in [0.15, 0.2) is 30.3 Å². The second-order valence-corrected chi connectivity index (χ2v) is 7.96. The minimum Gasteiger partial charge on any atom is -0.469 e. The van der Waals surface area contributed by atoms with Gasteiger partial charge in [0, 0.05) is 35.5 Å². The Hall–Kier alpha value is -3.29. The van der Waals surface area contributed by atoms with Crippen molar-refractivity contribution in [3.8, 4) is 11.4 Å². The van der Waals surface area contributed by atoms with Crippen LogP contribution in [0.2, 0.25) is 0 Å². The molecule has 0 unspecified atom stereocenters. The smallest absolute Gasteiger partial charge is 0.305 e. The molecule has 8 heteroatoms. The maximum atomic E-state index is 12.9. The molecule has 3 aromatic rings. The summed E-state index contributed by atoms with van der Waals surface area (Å²) in [5.41, 5.74) is 4.59. The molecular weight excluding hydrogens is 394 g/mol. The third kappa shape index (κ3) is 5.25. The quantitative estimate of drug-likeness (QED) is 0.385. The van der Waals surface area contributed by atoms with Crippen LogP contribution in [-0.2, 0) is 22.6 Å². The summed E-state index contributed by atoms with van der Waals surface area (Å²) in [6.45, 7) is 8.82. The molecule has 0 aliphatic carbocycles. The van der Waals surface area contributed by atoms with Gasteiger partial charge in [-0.2, -0.15) is 4.80 Å². The minimum atomic E-state index is -0.231. The van der Waals surface area contributed by atoms with Crippen molar-refractivity contribution < 1.29 is 14.3 Å². The number of esters is 1. The Morgan fingerprint density at radius 3 is 2.48 bits per heavy atom. The summed E-state index contributed by atoms with van der Waals surface area (Å²) in [5.74, 6) is 0.642. The molecule has 31 heavy (non-hydrogen) atoms. The van der Waals surface area contributed by atoms with Crippen LogP contribution in [0.4, 0.5) is 0 Å². The first-order valence-electron chi connectivity index (χ1n) is 10.4. The number of hydrogen-bond donors (Lipinski definition) is 0. The number of carbonyl (C=O) groups excluding carboxylic acids is 2. The van der Waals surface area contributed by atoms with Gasteiger partial charge in [-0.25, -0.2) is 0 Å². The second-order valence-electron chi connectivity index (χ2n) is 7.96. The monoisotopic (exact) mass is 423 g/mol. The number of methoxy groups -OCH3 is 1. The average Bonchev–Trinajstić information content (AvgIpc) is 3.33.